The van der Waals surface area contributed by atoms with Gasteiger partial charge in [-0.3, -0.25) is 14.4 Å². The Bertz CT molecular complexity index is 1050. The van der Waals surface area contributed by atoms with Crippen LogP contribution in [-0.2, 0) is 22.6 Å². The maximum Gasteiger partial charge on any atom is 0.292 e. The van der Waals surface area contributed by atoms with Crippen LogP contribution in [0.15, 0.2) is 60.8 Å². The number of amides is 2. The van der Waals surface area contributed by atoms with Crippen molar-refractivity contribution < 1.29 is 14.4 Å². The number of ketones is 1. The summed E-state index contributed by atoms with van der Waals surface area (Å²) < 4.78 is 1.76. The second-order valence-corrected chi connectivity index (χ2v) is 7.43. The van der Waals surface area contributed by atoms with Crippen molar-refractivity contribution in [1.82, 2.24) is 14.8 Å². The van der Waals surface area contributed by atoms with E-state index in [-0.39, 0.29) is 12.5 Å². The van der Waals surface area contributed by atoms with Gasteiger partial charge in [0.15, 0.2) is 0 Å². The smallest absolute Gasteiger partial charge is 0.292 e. The first-order chi connectivity index (χ1) is 15.0. The van der Waals surface area contributed by atoms with E-state index in [0.717, 1.165) is 18.4 Å². The average molecular weight is 420 g/mol. The predicted octanol–water partition coefficient (Wildman–Crippen LogP) is 3.44. The number of nitrogens with one attached hydrogen (secondary N) is 1. The van der Waals surface area contributed by atoms with E-state index < -0.39 is 11.7 Å². The van der Waals surface area contributed by atoms with E-state index in [9.17, 15) is 14.4 Å². The van der Waals surface area contributed by atoms with Crippen LogP contribution in [0.3, 0.4) is 0 Å². The molecule has 0 spiro atoms. The number of Topliss-reactive ketones (excluding diaryl/α,β-unsaturated/α-hetero) is 1. The Morgan fingerprint density at radius 1 is 0.935 bits per heavy atom. The van der Waals surface area contributed by atoms with E-state index >= 15 is 0 Å². The van der Waals surface area contributed by atoms with Gasteiger partial charge in [-0.25, -0.2) is 0 Å². The Hall–Kier alpha value is -3.41. The lowest BCUT2D eigenvalue weighted by atomic mass is 10.1. The van der Waals surface area contributed by atoms with Crippen LogP contribution >= 0.6 is 0 Å². The zero-order valence-corrected chi connectivity index (χ0v) is 18.1. The summed E-state index contributed by atoms with van der Waals surface area (Å²) in [5.74, 6) is -1.22. The van der Waals surface area contributed by atoms with Gasteiger partial charge < -0.3 is 14.8 Å². The molecule has 0 unspecified atom stereocenters. The molecule has 0 fully saturated rings. The molecule has 6 nitrogen and oxygen atoms in total. The van der Waals surface area contributed by atoms with Gasteiger partial charge in [0.2, 0.25) is 5.91 Å². The Labute approximate surface area is 182 Å². The van der Waals surface area contributed by atoms with Gasteiger partial charge in [0, 0.05) is 36.7 Å². The van der Waals surface area contributed by atoms with Crippen LogP contribution in [0.1, 0.15) is 36.2 Å². The van der Waals surface area contributed by atoms with Crippen molar-refractivity contribution >= 4 is 28.5 Å². The van der Waals surface area contributed by atoms with Crippen LogP contribution in [-0.4, -0.2) is 46.7 Å². The fraction of sp³-hybridized carbons (Fsp3) is 0.320. The lowest BCUT2D eigenvalue weighted by molar-refractivity contribution is -0.131. The predicted molar refractivity (Wildman–Crippen MR) is 122 cm³/mol. The fourth-order valence-corrected chi connectivity index (χ4v) is 3.72. The summed E-state index contributed by atoms with van der Waals surface area (Å²) in [5.41, 5.74) is 2.29. The number of hydrogen-bond donors (Lipinski definition) is 1. The van der Waals surface area contributed by atoms with Crippen LogP contribution in [0.5, 0.6) is 0 Å². The second kappa shape index (κ2) is 10.6. The van der Waals surface area contributed by atoms with E-state index in [2.05, 4.69) is 5.32 Å². The highest BCUT2D eigenvalue weighted by molar-refractivity contribution is 6.45. The third-order valence-corrected chi connectivity index (χ3v) is 5.43. The Kier molecular flexibility index (Phi) is 7.60. The average Bonchev–Trinajstić information content (AvgIpc) is 3.16. The van der Waals surface area contributed by atoms with Gasteiger partial charge in [-0.2, -0.15) is 0 Å². The van der Waals surface area contributed by atoms with Crippen molar-refractivity contribution in [3.63, 3.8) is 0 Å². The maximum atomic E-state index is 12.8. The number of rotatable bonds is 10. The molecule has 1 heterocycles. The molecule has 1 aromatic heterocycles. The van der Waals surface area contributed by atoms with Crippen LogP contribution in [0.25, 0.3) is 10.9 Å². The zero-order chi connectivity index (χ0) is 22.2. The third kappa shape index (κ3) is 5.40. The molecule has 3 rings (SSSR count). The molecule has 0 saturated carbocycles. The largest absolute Gasteiger partial charge is 0.349 e. The molecule has 0 aliphatic rings. The molecule has 162 valence electrons. The highest BCUT2D eigenvalue weighted by Crippen LogP contribution is 2.22. The molecule has 2 amide bonds. The van der Waals surface area contributed by atoms with E-state index in [1.165, 1.54) is 5.56 Å². The summed E-state index contributed by atoms with van der Waals surface area (Å²) >= 11 is 0. The molecule has 0 bridgehead atoms. The second-order valence-electron chi connectivity index (χ2n) is 7.43. The summed E-state index contributed by atoms with van der Waals surface area (Å²) in [6.45, 7) is 5.70. The third-order valence-electron chi connectivity index (χ3n) is 5.43. The SMILES string of the molecule is CCN(CC)C(=O)Cn1cc(C(=O)C(=O)NCCCc2ccccc2)c2ccccc21. The van der Waals surface area contributed by atoms with Crippen LogP contribution in [0.4, 0.5) is 0 Å². The van der Waals surface area contributed by atoms with Crippen molar-refractivity contribution in [1.29, 1.82) is 0 Å². The minimum Gasteiger partial charge on any atom is -0.349 e. The molecule has 0 atom stereocenters. The molecular weight excluding hydrogens is 390 g/mol. The van der Waals surface area contributed by atoms with Gasteiger partial charge in [-0.1, -0.05) is 48.5 Å². The molecule has 0 saturated heterocycles. The number of hydrogen-bond acceptors (Lipinski definition) is 3. The lowest BCUT2D eigenvalue weighted by Gasteiger charge is -2.19. The van der Waals surface area contributed by atoms with Crippen molar-refractivity contribution in [2.24, 2.45) is 0 Å². The standard InChI is InChI=1S/C25H29N3O3/c1-3-27(4-2)23(29)18-28-17-21(20-14-8-9-15-22(20)28)24(30)25(31)26-16-10-13-19-11-6-5-7-12-19/h5-9,11-12,14-15,17H,3-4,10,13,16,18H2,1-2H3,(H,26,31). The normalized spacial score (nSPS) is 10.8. The zero-order valence-electron chi connectivity index (χ0n) is 18.1. The molecule has 0 aliphatic carbocycles. The number of fused-ring (bicyclic) bond motifs is 1. The summed E-state index contributed by atoms with van der Waals surface area (Å²) in [6, 6.07) is 17.4. The first-order valence-electron chi connectivity index (χ1n) is 10.8. The summed E-state index contributed by atoms with van der Waals surface area (Å²) in [5, 5.41) is 3.41. The Morgan fingerprint density at radius 2 is 1.61 bits per heavy atom. The molecule has 0 aliphatic heterocycles. The first-order valence-corrected chi connectivity index (χ1v) is 10.8. The number of aromatic nitrogens is 1. The van der Waals surface area contributed by atoms with Crippen molar-refractivity contribution in [3.8, 4) is 0 Å². The van der Waals surface area contributed by atoms with Crippen molar-refractivity contribution in [2.75, 3.05) is 19.6 Å². The topological polar surface area (TPSA) is 71.4 Å². The van der Waals surface area contributed by atoms with Gasteiger partial charge in [0.05, 0.1) is 5.56 Å². The van der Waals surface area contributed by atoms with Crippen LogP contribution < -0.4 is 5.32 Å². The van der Waals surface area contributed by atoms with Crippen LogP contribution in [0, 0.1) is 0 Å². The summed E-state index contributed by atoms with van der Waals surface area (Å²) in [4.78, 5) is 39.6. The van der Waals surface area contributed by atoms with E-state index in [1.807, 2.05) is 68.4 Å². The number of para-hydroxylation sites is 1. The van der Waals surface area contributed by atoms with Gasteiger partial charge in [-0.15, -0.1) is 0 Å². The van der Waals surface area contributed by atoms with Gasteiger partial charge in [0.25, 0.3) is 11.7 Å². The maximum absolute atomic E-state index is 12.8. The van der Waals surface area contributed by atoms with Gasteiger partial charge in [-0.05, 0) is 38.3 Å². The highest BCUT2D eigenvalue weighted by Gasteiger charge is 2.22. The van der Waals surface area contributed by atoms with Gasteiger partial charge in [0.1, 0.15) is 6.54 Å². The number of nitrogens with zero attached hydrogens (tertiary/aromatic N) is 2. The number of likely N-dealkylation sites (N-methyl/N-ethyl adjacent to an activating group) is 1. The minimum absolute atomic E-state index is 0.0184. The number of aryl methyl sites for hydroxylation is 1. The Balaban J connectivity index is 1.68. The molecule has 2 aromatic carbocycles. The fourth-order valence-electron chi connectivity index (χ4n) is 3.72. The molecule has 0 radical (unpaired) electrons. The van der Waals surface area contributed by atoms with Crippen LogP contribution in [0.2, 0.25) is 0 Å². The number of benzene rings is 2. The summed E-state index contributed by atoms with van der Waals surface area (Å²) in [6.07, 6.45) is 3.21. The highest BCUT2D eigenvalue weighted by atomic mass is 16.2. The Morgan fingerprint density at radius 3 is 2.32 bits per heavy atom. The quantitative estimate of drug-likeness (QED) is 0.311. The first kappa shape index (κ1) is 22.3. The van der Waals surface area contributed by atoms with E-state index in [4.69, 9.17) is 0 Å². The van der Waals surface area contributed by atoms with Gasteiger partial charge >= 0.3 is 0 Å². The summed E-state index contributed by atoms with van der Waals surface area (Å²) in [7, 11) is 0. The molecular formula is C25H29N3O3. The molecule has 3 aromatic rings. The molecule has 6 heteroatoms. The molecule has 31 heavy (non-hydrogen) atoms. The van der Waals surface area contributed by atoms with Crippen molar-refractivity contribution in [3.05, 3.63) is 71.9 Å². The molecule has 1 N–H and O–H groups in total. The van der Waals surface area contributed by atoms with E-state index in [0.29, 0.717) is 30.6 Å². The number of carbonyl (C=O) groups excluding carboxylic acids is 3. The number of carbonyl (C=O) groups is 3. The monoisotopic (exact) mass is 419 g/mol. The minimum atomic E-state index is -0.619. The lowest BCUT2D eigenvalue weighted by Crippen LogP contribution is -2.33. The van der Waals surface area contributed by atoms with E-state index in [1.54, 1.807) is 15.7 Å². The van der Waals surface area contributed by atoms with Crippen molar-refractivity contribution in [2.45, 2.75) is 33.2 Å².